The van der Waals surface area contributed by atoms with Crippen LogP contribution in [-0.4, -0.2) is 325 Å². The molecule has 0 aromatic rings. The maximum Gasteiger partial charge on any atom is 0.364 e. The van der Waals surface area contributed by atoms with Gasteiger partial charge in [-0.3, -0.25) is 9.59 Å². The lowest BCUT2D eigenvalue weighted by molar-refractivity contribution is -0.388. The first-order valence-corrected chi connectivity index (χ1v) is 40.8. The lowest BCUT2D eigenvalue weighted by Crippen LogP contribution is -2.71. The molecular formula is C76H140N2O31. The Balaban J connectivity index is 1.26. The first-order valence-electron chi connectivity index (χ1n) is 40.8. The molecule has 4 saturated heterocycles. The van der Waals surface area contributed by atoms with Gasteiger partial charge in [0.1, 0.15) is 110 Å². The van der Waals surface area contributed by atoms with Gasteiger partial charge in [0.15, 0.2) is 18.9 Å². The van der Waals surface area contributed by atoms with Gasteiger partial charge in [0.2, 0.25) is 11.8 Å². The number of carboxylic acid groups (broad SMARTS) is 1. The number of aliphatic hydroxyl groups is 18. The molecule has 3 unspecified atom stereocenters. The molecule has 640 valence electrons. The van der Waals surface area contributed by atoms with Gasteiger partial charge in [0.25, 0.3) is 5.79 Å². The van der Waals surface area contributed by atoms with Crippen LogP contribution in [0, 0.1) is 5.92 Å². The molecule has 5 fully saturated rings. The van der Waals surface area contributed by atoms with Gasteiger partial charge in [-0.15, -0.1) is 0 Å². The molecule has 30 atom stereocenters. The van der Waals surface area contributed by atoms with Crippen LogP contribution in [0.5, 0.6) is 0 Å². The number of hydrogen-bond donors (Lipinski definition) is 21. The van der Waals surface area contributed by atoms with E-state index in [-0.39, 0.29) is 12.8 Å². The van der Waals surface area contributed by atoms with Crippen LogP contribution in [0.1, 0.15) is 246 Å². The van der Waals surface area contributed by atoms with Gasteiger partial charge in [-0.1, -0.05) is 206 Å². The molecule has 0 aromatic heterocycles. The van der Waals surface area contributed by atoms with Crippen molar-refractivity contribution in [3.05, 3.63) is 0 Å². The molecule has 0 bridgehead atoms. The largest absolute Gasteiger partial charge is 0.477 e. The second-order valence-electron chi connectivity index (χ2n) is 31.1. The van der Waals surface area contributed by atoms with Crippen molar-refractivity contribution in [3.8, 4) is 0 Å². The molecule has 0 aromatic carbocycles. The van der Waals surface area contributed by atoms with E-state index in [1.54, 1.807) is 0 Å². The van der Waals surface area contributed by atoms with Crippen molar-refractivity contribution in [3.63, 3.8) is 0 Å². The Morgan fingerprint density at radius 2 is 0.954 bits per heavy atom. The van der Waals surface area contributed by atoms with E-state index in [2.05, 4.69) is 24.5 Å². The molecule has 4 aliphatic heterocycles. The number of amides is 2. The van der Waals surface area contributed by atoms with E-state index in [1.165, 1.54) is 116 Å². The molecule has 21 N–H and O–H groups in total. The van der Waals surface area contributed by atoms with Gasteiger partial charge in [0.05, 0.1) is 69.0 Å². The zero-order valence-corrected chi connectivity index (χ0v) is 64.7. The highest BCUT2D eigenvalue weighted by Crippen LogP contribution is 2.42. The summed E-state index contributed by atoms with van der Waals surface area (Å²) in [5.74, 6) is -8.47. The fraction of sp³-hybridized carbons (Fsp3) is 0.961. The minimum absolute atomic E-state index is 0.0967. The Morgan fingerprint density at radius 3 is 1.42 bits per heavy atom. The average Bonchev–Trinajstić information content (AvgIpc) is 1.21. The van der Waals surface area contributed by atoms with Gasteiger partial charge in [-0.25, -0.2) is 4.79 Å². The van der Waals surface area contributed by atoms with Crippen LogP contribution < -0.4 is 10.6 Å². The van der Waals surface area contributed by atoms with Crippen LogP contribution in [0.3, 0.4) is 0 Å². The zero-order chi connectivity index (χ0) is 80.3. The molecule has 1 aliphatic carbocycles. The number of unbranched alkanes of at least 4 members (excludes halogenated alkanes) is 28. The Hall–Kier alpha value is -2.67. The molecule has 109 heavy (non-hydrogen) atoms. The highest BCUT2D eigenvalue weighted by Gasteiger charge is 2.62. The molecule has 5 aliphatic rings. The molecule has 0 radical (unpaired) electrons. The molecular weight excluding hydrogens is 1440 g/mol. The summed E-state index contributed by atoms with van der Waals surface area (Å²) in [6, 6.07) is -3.24. The van der Waals surface area contributed by atoms with Gasteiger partial charge < -0.3 is 150 Å². The number of aliphatic carboxylic acids is 1. The standard InChI is InChI=1S/C76H140N2O31/c1-5-7-9-11-13-15-17-18-19-20-21-22-23-24-25-26-28-30-32-34-36-49(86)71(98)78-47(56(88)48(85)35-33-31-29-27-16-14-12-10-8-6-2)43-101-72-63(95)62(94)68(54(42-82)104-72)107-74-65(97)70(59(91)53(41-81)103-74)109-76(75(99)100)38-52(55(77-45(4)84)69(108-76)57(89)50(87)40-80)102-51-37-46(39-79)67(60(92)58(51)90)106-73-64(96)61(93)66(105-73)44(3)83/h44,46-70,72-74,79-83,85-97H,5-43H2,1-4H3,(H,77,84)(H,78,98)(H,99,100)/t44?,46-,47+,48-,49-,50?,51+,52+,53-,54-,55-,56+,57?,58+,59+,60-,61+,62-,63-,64+,65-,66-,67+,68-,69-,70+,72-,73+,74-,76+/m1/s1. The predicted octanol–water partition coefficient (Wildman–Crippen LogP) is 0.231. The smallest absolute Gasteiger partial charge is 0.364 e. The summed E-state index contributed by atoms with van der Waals surface area (Å²) >= 11 is 0. The van der Waals surface area contributed by atoms with Crippen LogP contribution in [0.2, 0.25) is 0 Å². The highest BCUT2D eigenvalue weighted by molar-refractivity contribution is 5.80. The molecule has 33 heteroatoms. The Morgan fingerprint density at radius 1 is 0.486 bits per heavy atom. The lowest BCUT2D eigenvalue weighted by Gasteiger charge is -2.52. The van der Waals surface area contributed by atoms with Crippen molar-refractivity contribution in [2.24, 2.45) is 5.92 Å². The minimum Gasteiger partial charge on any atom is -0.477 e. The third-order valence-electron chi connectivity index (χ3n) is 22.2. The third-order valence-corrected chi connectivity index (χ3v) is 22.2. The second-order valence-corrected chi connectivity index (χ2v) is 31.1. The van der Waals surface area contributed by atoms with Crippen LogP contribution in [-0.2, 0) is 57.0 Å². The average molecular weight is 1580 g/mol. The summed E-state index contributed by atoms with van der Waals surface area (Å²) in [5.41, 5.74) is 0. The van der Waals surface area contributed by atoms with Crippen LogP contribution >= 0.6 is 0 Å². The zero-order valence-electron chi connectivity index (χ0n) is 64.7. The summed E-state index contributed by atoms with van der Waals surface area (Å²) in [7, 11) is 0. The van der Waals surface area contributed by atoms with E-state index in [1.807, 2.05) is 0 Å². The van der Waals surface area contributed by atoms with Gasteiger partial charge in [0, 0.05) is 25.9 Å². The first kappa shape index (κ1) is 96.9. The number of carboxylic acids is 1. The molecule has 4 heterocycles. The van der Waals surface area contributed by atoms with Crippen molar-refractivity contribution < 1.29 is 154 Å². The van der Waals surface area contributed by atoms with Crippen molar-refractivity contribution in [1.29, 1.82) is 0 Å². The topological polar surface area (TPSA) is 543 Å². The number of nitrogens with one attached hydrogen (secondary N) is 2. The monoisotopic (exact) mass is 1580 g/mol. The molecule has 2 amide bonds. The molecule has 5 rings (SSSR count). The fourth-order valence-electron chi connectivity index (χ4n) is 15.4. The van der Waals surface area contributed by atoms with Crippen molar-refractivity contribution in [2.45, 2.75) is 423 Å². The predicted molar refractivity (Wildman–Crippen MR) is 390 cm³/mol. The van der Waals surface area contributed by atoms with E-state index < -0.39 is 247 Å². The van der Waals surface area contributed by atoms with Crippen LogP contribution in [0.25, 0.3) is 0 Å². The van der Waals surface area contributed by atoms with E-state index in [4.69, 9.17) is 42.6 Å². The van der Waals surface area contributed by atoms with Gasteiger partial charge >= 0.3 is 5.97 Å². The molecule has 0 spiro atoms. The van der Waals surface area contributed by atoms with Crippen molar-refractivity contribution in [1.82, 2.24) is 10.6 Å². The van der Waals surface area contributed by atoms with E-state index in [0.29, 0.717) is 12.8 Å². The quantitative estimate of drug-likeness (QED) is 0.0362. The summed E-state index contributed by atoms with van der Waals surface area (Å²) in [5, 5.41) is 217. The summed E-state index contributed by atoms with van der Waals surface area (Å²) in [6.07, 6.45) is -17.2. The second kappa shape index (κ2) is 51.4. The minimum atomic E-state index is -3.34. The highest BCUT2D eigenvalue weighted by atomic mass is 16.8. The first-order chi connectivity index (χ1) is 52.1. The Bertz CT molecular complexity index is 2450. The van der Waals surface area contributed by atoms with E-state index in [0.717, 1.165) is 77.6 Å². The van der Waals surface area contributed by atoms with Gasteiger partial charge in [-0.05, 0) is 26.2 Å². The molecule has 33 nitrogen and oxygen atoms in total. The van der Waals surface area contributed by atoms with E-state index >= 15 is 0 Å². The molecule has 1 saturated carbocycles. The number of carbonyl (C=O) groups excluding carboxylic acids is 2. The summed E-state index contributed by atoms with van der Waals surface area (Å²) < 4.78 is 53.1. The van der Waals surface area contributed by atoms with Crippen molar-refractivity contribution in [2.75, 3.05) is 33.0 Å². The third kappa shape index (κ3) is 30.1. The van der Waals surface area contributed by atoms with Crippen LogP contribution in [0.4, 0.5) is 0 Å². The number of carbonyl (C=O) groups is 3. The normalized spacial score (nSPS) is 34.3. The van der Waals surface area contributed by atoms with Crippen LogP contribution in [0.15, 0.2) is 0 Å². The Labute approximate surface area is 642 Å². The van der Waals surface area contributed by atoms with E-state index in [9.17, 15) is 111 Å². The number of hydrogen-bond acceptors (Lipinski definition) is 30. The van der Waals surface area contributed by atoms with Crippen molar-refractivity contribution >= 4 is 17.8 Å². The maximum absolute atomic E-state index is 13.9. The summed E-state index contributed by atoms with van der Waals surface area (Å²) in [6.45, 7) is 1.72. The maximum atomic E-state index is 13.9. The van der Waals surface area contributed by atoms with Gasteiger partial charge in [-0.2, -0.15) is 0 Å². The summed E-state index contributed by atoms with van der Waals surface area (Å²) in [4.78, 5) is 40.5. The number of aliphatic hydroxyl groups excluding tert-OH is 18. The Kier molecular flexibility index (Phi) is 45.7. The fourth-order valence-corrected chi connectivity index (χ4v) is 15.4. The number of ether oxygens (including phenoxy) is 9. The SMILES string of the molecule is CCCCCCCCCCCCCCCCCCCCCC[C@@H](O)C(=O)N[C@@H](CO[C@@H]1O[C@H](CO)[C@@H](O[C@H]2O[C@H](CO)[C@H](O)[C@H](O[C@]3(C(=O)O)C[C@H](O[C@H]4C[C@H](CO)[C@H](O[C@@H]5O[C@H](C(C)O)[C@@H](O)[C@@H]5O)[C@H](O)[C@H]4O)[C@@H](NC(C)=O)[C@H](C(O)C(O)CO)O3)[C@H]2O)[C@H](O)[C@H]1O)[C@H](O)[C@H](O)CCCCCCCCCCCC. The number of rotatable bonds is 56. The lowest BCUT2D eigenvalue weighted by atomic mass is 9.80.